The van der Waals surface area contributed by atoms with Crippen LogP contribution in [0.4, 0.5) is 11.4 Å². The minimum absolute atomic E-state index is 0. The number of anilines is 2. The summed E-state index contributed by atoms with van der Waals surface area (Å²) in [6.45, 7) is 1.89. The number of nitrogens with two attached hydrogens (primary N) is 2. The van der Waals surface area contributed by atoms with Gasteiger partial charge in [-0.2, -0.15) is 12.1 Å². The molecular formula is C65H58N2Na2O14S4. The SMILES string of the molecule is C.C.COc1ccc(-c2ccc(Oc3[c-]cc(S(=O)(=O)c4ccc(Oc5ccc(-c6ccc(Oc7ccc(S(=O)(=O)c8ccc(C)cc8)cc7)cc6)cc5)c(S(=O)(=O)[O-])c4)cc3)cc2)cc1.Nc1cccc(Cc2cccc(N)c2)c1.O=S(=O)=O.[Na+].[Na+]. The minimum Gasteiger partial charge on any atom is -0.744 e. The van der Waals surface area contributed by atoms with E-state index in [4.69, 9.17) is 43.0 Å². The van der Waals surface area contributed by atoms with E-state index in [0.29, 0.717) is 17.2 Å². The molecule has 0 radical (unpaired) electrons. The Morgan fingerprint density at radius 3 is 1.22 bits per heavy atom. The molecule has 0 spiro atoms. The molecule has 22 heteroatoms. The number of hydrogen-bond acceptors (Lipinski definition) is 16. The summed E-state index contributed by atoms with van der Waals surface area (Å²) >= 11 is 0. The van der Waals surface area contributed by atoms with Gasteiger partial charge in [0.25, 0.3) is 0 Å². The van der Waals surface area contributed by atoms with E-state index >= 15 is 0 Å². The van der Waals surface area contributed by atoms with Crippen molar-refractivity contribution in [1.82, 2.24) is 0 Å². The standard InChI is InChI=1S/C50H37O11S3.C13H14N2.2CH4.2Na.O3S/c1-34-3-25-45(26-4-34)62(51,52)46-27-21-42(22-28-46)59-41-17-9-37(10-18-41)38-11-19-44(20-12-38)61-49-32-31-48(33-50(49)64(55,56)57)63(53,54)47-29-23-43(24-30-47)60-40-15-7-36(8-16-40)35-5-13-39(58-2)14-6-35;14-12-5-1-3-10(8-12)7-11-4-2-6-13(15)9-11;;;;;1-4(2)3/h3-23,25-33H,1-2H3,(H,55,56,57);1-6,8-9H,7,14-15H2;2*1H4;;;/q-1;;;;2*+1;/p-1. The molecule has 16 nitrogen and oxygen atoms in total. The zero-order valence-corrected chi connectivity index (χ0v) is 53.4. The zero-order valence-electron chi connectivity index (χ0n) is 46.1. The molecular weight excluding hydrogens is 1210 g/mol. The second-order valence-corrected chi connectivity index (χ2v) is 23.9. The first-order chi connectivity index (χ1) is 39.6. The first-order valence-electron chi connectivity index (χ1n) is 24.9. The van der Waals surface area contributed by atoms with Crippen LogP contribution < -0.4 is 89.5 Å². The van der Waals surface area contributed by atoms with E-state index in [0.717, 1.165) is 69.6 Å². The maximum atomic E-state index is 13.6. The summed E-state index contributed by atoms with van der Waals surface area (Å²) in [6, 6.07) is 67.1. The Labute approximate surface area is 554 Å². The van der Waals surface area contributed by atoms with Crippen LogP contribution >= 0.6 is 0 Å². The molecule has 0 unspecified atom stereocenters. The van der Waals surface area contributed by atoms with Gasteiger partial charge in [-0.25, -0.2) is 25.3 Å². The molecule has 87 heavy (non-hydrogen) atoms. The summed E-state index contributed by atoms with van der Waals surface area (Å²) in [4.78, 5) is -1.13. The largest absolute Gasteiger partial charge is 1.00 e. The summed E-state index contributed by atoms with van der Waals surface area (Å²) in [7, 11) is -14.7. The van der Waals surface area contributed by atoms with Crippen LogP contribution in [0, 0.1) is 13.0 Å². The van der Waals surface area contributed by atoms with Gasteiger partial charge in [0.2, 0.25) is 9.84 Å². The topological polar surface area (TPSA) is 266 Å². The molecule has 0 aromatic heterocycles. The molecule has 10 rings (SSSR count). The van der Waals surface area contributed by atoms with Gasteiger partial charge in [-0.15, -0.1) is 24.8 Å². The van der Waals surface area contributed by atoms with Crippen LogP contribution in [0.15, 0.2) is 255 Å². The summed E-state index contributed by atoms with van der Waals surface area (Å²) in [5.74, 6) is 2.30. The molecule has 0 saturated heterocycles. The van der Waals surface area contributed by atoms with E-state index in [1.54, 1.807) is 92.0 Å². The Hall–Kier alpha value is -7.57. The molecule has 10 aromatic rings. The molecule has 0 bridgehead atoms. The van der Waals surface area contributed by atoms with Crippen molar-refractivity contribution in [2.45, 2.75) is 52.7 Å². The van der Waals surface area contributed by atoms with Gasteiger partial charge in [0.05, 0.1) is 26.7 Å². The van der Waals surface area contributed by atoms with E-state index in [1.165, 1.54) is 41.5 Å². The van der Waals surface area contributed by atoms with Gasteiger partial charge in [0.15, 0.2) is 9.84 Å². The number of rotatable bonds is 16. The van der Waals surface area contributed by atoms with Crippen molar-refractivity contribution < 1.29 is 120 Å². The molecule has 0 heterocycles. The predicted molar refractivity (Wildman–Crippen MR) is 326 cm³/mol. The number of hydrogen-bond donors (Lipinski definition) is 2. The number of methoxy groups -OCH3 is 1. The van der Waals surface area contributed by atoms with Crippen LogP contribution in [0.1, 0.15) is 31.5 Å². The van der Waals surface area contributed by atoms with E-state index in [2.05, 4.69) is 18.2 Å². The molecule has 438 valence electrons. The molecule has 0 aliphatic carbocycles. The van der Waals surface area contributed by atoms with Crippen LogP contribution in [0.2, 0.25) is 0 Å². The van der Waals surface area contributed by atoms with Crippen LogP contribution in [0.5, 0.6) is 40.2 Å². The van der Waals surface area contributed by atoms with Crippen molar-refractivity contribution in [3.8, 4) is 62.5 Å². The Balaban J connectivity index is 0.000000602. The Bertz CT molecular complexity index is 4310. The van der Waals surface area contributed by atoms with Gasteiger partial charge in [-0.3, -0.25) is 0 Å². The summed E-state index contributed by atoms with van der Waals surface area (Å²) in [5.41, 5.74) is 20.0. The quantitative estimate of drug-likeness (QED) is 0.0404. The number of aryl methyl sites for hydroxylation is 1. The average Bonchev–Trinajstić information content (AvgIpc) is 2.35. The second kappa shape index (κ2) is 32.4. The third kappa shape index (κ3) is 20.0. The first kappa shape index (κ1) is 71.9. The van der Waals surface area contributed by atoms with Gasteiger partial charge in [0.1, 0.15) is 44.6 Å². The number of sulfone groups is 2. The van der Waals surface area contributed by atoms with E-state index in [-0.39, 0.29) is 106 Å². The van der Waals surface area contributed by atoms with Gasteiger partial charge >= 0.3 is 69.7 Å². The molecule has 0 aliphatic rings. The van der Waals surface area contributed by atoms with Gasteiger partial charge in [-0.1, -0.05) is 105 Å². The summed E-state index contributed by atoms with van der Waals surface area (Å²) in [5, 5.41) is 0. The third-order valence-corrected chi connectivity index (χ3v) is 16.7. The van der Waals surface area contributed by atoms with E-state index in [9.17, 15) is 29.8 Å². The molecule has 4 N–H and O–H groups in total. The number of nitrogen functional groups attached to an aromatic ring is 2. The van der Waals surface area contributed by atoms with Gasteiger partial charge < -0.3 is 35.0 Å². The van der Waals surface area contributed by atoms with Gasteiger partial charge in [0, 0.05) is 17.1 Å². The smallest absolute Gasteiger partial charge is 0.744 e. The molecule has 0 fully saturated rings. The Morgan fingerprint density at radius 1 is 0.448 bits per heavy atom. The van der Waals surface area contributed by atoms with Crippen molar-refractivity contribution in [3.05, 3.63) is 253 Å². The van der Waals surface area contributed by atoms with E-state index < -0.39 is 50.2 Å². The maximum absolute atomic E-state index is 13.6. The van der Waals surface area contributed by atoms with Crippen molar-refractivity contribution in [1.29, 1.82) is 0 Å². The molecule has 0 saturated carbocycles. The van der Waals surface area contributed by atoms with Crippen molar-refractivity contribution in [2.75, 3.05) is 18.6 Å². The fourth-order valence-corrected chi connectivity index (χ4v) is 11.4. The molecule has 10 aromatic carbocycles. The van der Waals surface area contributed by atoms with Gasteiger partial charge in [-0.05, 0) is 179 Å². The van der Waals surface area contributed by atoms with Crippen LogP contribution in [0.3, 0.4) is 0 Å². The van der Waals surface area contributed by atoms with Crippen molar-refractivity contribution in [2.24, 2.45) is 0 Å². The Morgan fingerprint density at radius 2 is 0.816 bits per heavy atom. The second-order valence-electron chi connectivity index (χ2n) is 18.2. The fraction of sp³-hybridized carbons (Fsp3) is 0.0769. The third-order valence-electron chi connectivity index (χ3n) is 12.3. The Kier molecular flexibility index (Phi) is 26.8. The average molecular weight is 1270 g/mol. The molecule has 0 amide bonds. The molecule has 0 aliphatic heterocycles. The number of benzene rings is 10. The number of ether oxygens (including phenoxy) is 4. The predicted octanol–water partition coefficient (Wildman–Crippen LogP) is 7.80. The van der Waals surface area contributed by atoms with Crippen LogP contribution in [0.25, 0.3) is 22.3 Å². The molecule has 0 atom stereocenters. The van der Waals surface area contributed by atoms with Crippen molar-refractivity contribution in [3.63, 3.8) is 0 Å². The fourth-order valence-electron chi connectivity index (χ4n) is 8.20. The van der Waals surface area contributed by atoms with E-state index in [1.807, 2.05) is 91.9 Å². The first-order valence-corrected chi connectivity index (χ1v) is 30.2. The normalized spacial score (nSPS) is 10.7. The maximum Gasteiger partial charge on any atom is 1.00 e. The minimum atomic E-state index is -5.20. The zero-order chi connectivity index (χ0) is 59.3. The monoisotopic (exact) mass is 1260 g/mol. The van der Waals surface area contributed by atoms with Crippen molar-refractivity contribution >= 4 is 51.8 Å². The van der Waals surface area contributed by atoms with Crippen LogP contribution in [-0.2, 0) is 46.8 Å². The van der Waals surface area contributed by atoms with Crippen LogP contribution in [-0.4, -0.2) is 49.5 Å². The summed E-state index contributed by atoms with van der Waals surface area (Å²) < 4.78 is 139. The summed E-state index contributed by atoms with van der Waals surface area (Å²) in [6.07, 6.45) is 0.871.